The molecule has 1 aliphatic heterocycles. The molecule has 0 atom stereocenters. The highest BCUT2D eigenvalue weighted by molar-refractivity contribution is 6.28. The fourth-order valence-corrected chi connectivity index (χ4v) is 2.22. The number of anilines is 1. The van der Waals surface area contributed by atoms with E-state index in [2.05, 4.69) is 15.0 Å². The van der Waals surface area contributed by atoms with Gasteiger partial charge in [-0.05, 0) is 23.7 Å². The lowest BCUT2D eigenvalue weighted by molar-refractivity contribution is 0.111. The molecule has 2 aromatic heterocycles. The SMILES string of the molecule is O=Cc1ccc2nc(Cl)nc(N3CCOCC3)c2n1. The number of ether oxygens (including phenoxy) is 1. The first-order chi connectivity index (χ1) is 9.28. The minimum Gasteiger partial charge on any atom is -0.378 e. The lowest BCUT2D eigenvalue weighted by Crippen LogP contribution is -2.37. The summed E-state index contributed by atoms with van der Waals surface area (Å²) in [5.74, 6) is 0.655. The number of halogens is 1. The van der Waals surface area contributed by atoms with Crippen molar-refractivity contribution in [2.24, 2.45) is 0 Å². The second-order valence-electron chi connectivity index (χ2n) is 4.14. The van der Waals surface area contributed by atoms with Crippen molar-refractivity contribution in [2.45, 2.75) is 0 Å². The molecule has 3 heterocycles. The Bertz CT molecular complexity index is 628. The molecule has 0 aliphatic carbocycles. The van der Waals surface area contributed by atoms with Crippen molar-refractivity contribution in [3.8, 4) is 0 Å². The number of nitrogens with zero attached hydrogens (tertiary/aromatic N) is 4. The van der Waals surface area contributed by atoms with Gasteiger partial charge >= 0.3 is 0 Å². The van der Waals surface area contributed by atoms with Crippen molar-refractivity contribution < 1.29 is 9.53 Å². The largest absolute Gasteiger partial charge is 0.378 e. The van der Waals surface area contributed by atoms with Crippen LogP contribution in [0, 0.1) is 0 Å². The Morgan fingerprint density at radius 2 is 2.00 bits per heavy atom. The average Bonchev–Trinajstić information content (AvgIpc) is 2.47. The fraction of sp³-hybridized carbons (Fsp3) is 0.333. The summed E-state index contributed by atoms with van der Waals surface area (Å²) in [5, 5.41) is 0.176. The average molecular weight is 279 g/mol. The maximum atomic E-state index is 10.8. The second kappa shape index (κ2) is 5.07. The molecule has 19 heavy (non-hydrogen) atoms. The molecule has 0 amide bonds. The molecule has 1 saturated heterocycles. The Morgan fingerprint density at radius 3 is 2.74 bits per heavy atom. The number of carbonyl (C=O) groups excluding carboxylic acids is 1. The lowest BCUT2D eigenvalue weighted by Gasteiger charge is -2.28. The second-order valence-corrected chi connectivity index (χ2v) is 4.48. The zero-order chi connectivity index (χ0) is 13.2. The number of rotatable bonds is 2. The van der Waals surface area contributed by atoms with Crippen LogP contribution in [0.15, 0.2) is 12.1 Å². The van der Waals surface area contributed by atoms with Crippen molar-refractivity contribution in [3.63, 3.8) is 0 Å². The minimum atomic E-state index is 0.176. The summed E-state index contributed by atoms with van der Waals surface area (Å²) in [7, 11) is 0. The van der Waals surface area contributed by atoms with Crippen molar-refractivity contribution in [1.29, 1.82) is 0 Å². The summed E-state index contributed by atoms with van der Waals surface area (Å²) >= 11 is 5.94. The number of hydrogen-bond donors (Lipinski definition) is 0. The number of pyridine rings is 1. The highest BCUT2D eigenvalue weighted by Crippen LogP contribution is 2.24. The van der Waals surface area contributed by atoms with Gasteiger partial charge in [0, 0.05) is 13.1 Å². The van der Waals surface area contributed by atoms with E-state index in [1.54, 1.807) is 12.1 Å². The maximum Gasteiger partial charge on any atom is 0.225 e. The molecule has 1 aliphatic rings. The van der Waals surface area contributed by atoms with Gasteiger partial charge in [-0.3, -0.25) is 4.79 Å². The van der Waals surface area contributed by atoms with Crippen LogP contribution in [0.3, 0.4) is 0 Å². The predicted octanol–water partition coefficient (Wildman–Crippen LogP) is 1.33. The normalized spacial score (nSPS) is 15.7. The molecule has 98 valence electrons. The van der Waals surface area contributed by atoms with E-state index in [-0.39, 0.29) is 5.28 Å². The molecular formula is C12H11ClN4O2. The number of hydrogen-bond acceptors (Lipinski definition) is 6. The highest BCUT2D eigenvalue weighted by Gasteiger charge is 2.18. The Hall–Kier alpha value is -1.79. The molecule has 6 nitrogen and oxygen atoms in total. The van der Waals surface area contributed by atoms with Crippen molar-refractivity contribution in [2.75, 3.05) is 31.2 Å². The molecule has 0 saturated carbocycles. The van der Waals surface area contributed by atoms with E-state index >= 15 is 0 Å². The third-order valence-corrected chi connectivity index (χ3v) is 3.12. The van der Waals surface area contributed by atoms with E-state index in [0.29, 0.717) is 42.0 Å². The highest BCUT2D eigenvalue weighted by atomic mass is 35.5. The van der Waals surface area contributed by atoms with E-state index in [0.717, 1.165) is 13.1 Å². The van der Waals surface area contributed by atoms with Crippen molar-refractivity contribution in [3.05, 3.63) is 23.1 Å². The van der Waals surface area contributed by atoms with Gasteiger partial charge in [0.15, 0.2) is 12.1 Å². The zero-order valence-electron chi connectivity index (χ0n) is 10.0. The van der Waals surface area contributed by atoms with Crippen LogP contribution in [0.4, 0.5) is 5.82 Å². The molecule has 0 aromatic carbocycles. The number of aromatic nitrogens is 3. The third-order valence-electron chi connectivity index (χ3n) is 2.95. The van der Waals surface area contributed by atoms with Gasteiger partial charge in [0.25, 0.3) is 0 Å². The number of morpholine rings is 1. The van der Waals surface area contributed by atoms with Gasteiger partial charge in [-0.15, -0.1) is 0 Å². The Morgan fingerprint density at radius 1 is 1.21 bits per heavy atom. The smallest absolute Gasteiger partial charge is 0.225 e. The van der Waals surface area contributed by atoms with Crippen molar-refractivity contribution >= 4 is 34.7 Å². The molecule has 0 N–H and O–H groups in total. The van der Waals surface area contributed by atoms with Crippen LogP contribution < -0.4 is 4.90 Å². The molecule has 2 aromatic rings. The topological polar surface area (TPSA) is 68.2 Å². The molecular weight excluding hydrogens is 268 g/mol. The van der Waals surface area contributed by atoms with Gasteiger partial charge in [0.05, 0.1) is 18.7 Å². The fourth-order valence-electron chi connectivity index (χ4n) is 2.05. The third kappa shape index (κ3) is 2.36. The molecule has 0 radical (unpaired) electrons. The predicted molar refractivity (Wildman–Crippen MR) is 70.8 cm³/mol. The lowest BCUT2D eigenvalue weighted by atomic mass is 10.3. The summed E-state index contributed by atoms with van der Waals surface area (Å²) in [6.07, 6.45) is 0.705. The van der Waals surface area contributed by atoms with E-state index in [1.165, 1.54) is 0 Å². The molecule has 1 fully saturated rings. The van der Waals surface area contributed by atoms with Gasteiger partial charge in [-0.2, -0.15) is 4.98 Å². The summed E-state index contributed by atoms with van der Waals surface area (Å²) in [4.78, 5) is 25.5. The molecule has 0 bridgehead atoms. The number of fused-ring (bicyclic) bond motifs is 1. The first-order valence-electron chi connectivity index (χ1n) is 5.90. The summed E-state index contributed by atoms with van der Waals surface area (Å²) in [6, 6.07) is 3.34. The molecule has 7 heteroatoms. The van der Waals surface area contributed by atoms with E-state index in [1.807, 2.05) is 4.90 Å². The van der Waals surface area contributed by atoms with E-state index in [4.69, 9.17) is 16.3 Å². The monoisotopic (exact) mass is 278 g/mol. The molecule has 0 unspecified atom stereocenters. The molecule has 3 rings (SSSR count). The van der Waals surface area contributed by atoms with Crippen LogP contribution in [0.5, 0.6) is 0 Å². The van der Waals surface area contributed by atoms with Gasteiger partial charge in [0.2, 0.25) is 5.28 Å². The zero-order valence-corrected chi connectivity index (χ0v) is 10.8. The van der Waals surface area contributed by atoms with Gasteiger partial charge in [0.1, 0.15) is 11.2 Å². The first-order valence-corrected chi connectivity index (χ1v) is 6.28. The summed E-state index contributed by atoms with van der Waals surface area (Å²) < 4.78 is 5.31. The quantitative estimate of drug-likeness (QED) is 0.610. The minimum absolute atomic E-state index is 0.176. The van der Waals surface area contributed by atoms with Crippen LogP contribution in [0.1, 0.15) is 10.5 Å². The van der Waals surface area contributed by atoms with Gasteiger partial charge < -0.3 is 9.64 Å². The standard InChI is InChI=1S/C12H11ClN4O2/c13-12-15-9-2-1-8(7-18)14-10(9)11(16-12)17-3-5-19-6-4-17/h1-2,7H,3-6H2. The van der Waals surface area contributed by atoms with E-state index < -0.39 is 0 Å². The van der Waals surface area contributed by atoms with E-state index in [9.17, 15) is 4.79 Å². The maximum absolute atomic E-state index is 10.8. The van der Waals surface area contributed by atoms with Crippen LogP contribution in [0.2, 0.25) is 5.28 Å². The molecule has 0 spiro atoms. The number of carbonyl (C=O) groups is 1. The van der Waals surface area contributed by atoms with Gasteiger partial charge in [-0.1, -0.05) is 0 Å². The Labute approximate surface area is 114 Å². The van der Waals surface area contributed by atoms with Crippen LogP contribution in [0.25, 0.3) is 11.0 Å². The Balaban J connectivity index is 2.16. The summed E-state index contributed by atoms with van der Waals surface area (Å²) in [6.45, 7) is 2.71. The van der Waals surface area contributed by atoms with Crippen molar-refractivity contribution in [1.82, 2.24) is 15.0 Å². The summed E-state index contributed by atoms with van der Waals surface area (Å²) in [5.41, 5.74) is 1.58. The van der Waals surface area contributed by atoms with Crippen LogP contribution >= 0.6 is 11.6 Å². The van der Waals surface area contributed by atoms with Crippen LogP contribution in [-0.4, -0.2) is 47.5 Å². The Kier molecular flexibility index (Phi) is 3.27. The first kappa shape index (κ1) is 12.3. The van der Waals surface area contributed by atoms with Crippen LogP contribution in [-0.2, 0) is 4.74 Å². The van der Waals surface area contributed by atoms with Gasteiger partial charge in [-0.25, -0.2) is 9.97 Å². The number of aldehydes is 1.